The highest BCUT2D eigenvalue weighted by Crippen LogP contribution is 2.65. The number of halogens is 7. The fraction of sp³-hybridized carbons (Fsp3) is 0.842. The Balaban J connectivity index is 0.000000282. The van der Waals surface area contributed by atoms with Crippen LogP contribution in [-0.2, 0) is 14.3 Å². The number of hydrogen-bond donors (Lipinski definition) is 3. The Hall–Kier alpha value is -0.880. The van der Waals surface area contributed by atoms with Gasteiger partial charge in [0.15, 0.2) is 0 Å². The second-order valence-corrected chi connectivity index (χ2v) is 12.4. The first-order valence-corrected chi connectivity index (χ1v) is 11.7. The third kappa shape index (κ3) is 6.27. The fourth-order valence-electron chi connectivity index (χ4n) is 4.20. The molecule has 0 bridgehead atoms. The Morgan fingerprint density at radius 2 is 1.50 bits per heavy atom. The minimum Gasteiger partial charge on any atom is -0.480 e. The van der Waals surface area contributed by atoms with Gasteiger partial charge in [-0.1, -0.05) is 0 Å². The number of rotatable bonds is 1. The molecular weight excluding hydrogens is 551 g/mol. The first-order valence-electron chi connectivity index (χ1n) is 10.2. The number of aliphatic carboxylic acids is 2. The molecule has 3 N–H and O–H groups in total. The van der Waals surface area contributed by atoms with E-state index in [0.29, 0.717) is 13.1 Å². The van der Waals surface area contributed by atoms with Crippen LogP contribution < -0.4 is 5.32 Å². The predicted octanol–water partition coefficient (Wildman–Crippen LogP) is 4.39. The Bertz CT molecular complexity index is 842. The fourth-order valence-corrected chi connectivity index (χ4v) is 6.01. The molecule has 0 radical (unpaired) electrons. The monoisotopic (exact) mass is 576 g/mol. The summed E-state index contributed by atoms with van der Waals surface area (Å²) >= 11 is 23.8. The average molecular weight is 578 g/mol. The van der Waals surface area contributed by atoms with E-state index < -0.39 is 38.4 Å². The molecule has 8 nitrogen and oxygen atoms in total. The summed E-state index contributed by atoms with van der Waals surface area (Å²) in [5.41, 5.74) is -0.456. The van der Waals surface area contributed by atoms with E-state index in [1.165, 1.54) is 0 Å². The van der Waals surface area contributed by atoms with Gasteiger partial charge in [-0.3, -0.25) is 4.79 Å². The van der Waals surface area contributed by atoms with Crippen molar-refractivity contribution in [2.75, 3.05) is 13.1 Å². The highest BCUT2D eigenvalue weighted by molar-refractivity contribution is 6.52. The molecule has 2 heterocycles. The first-order chi connectivity index (χ1) is 15.1. The maximum Gasteiger partial charge on any atom is 0.490 e. The minimum atomic E-state index is -5.08. The number of amides is 1. The van der Waals surface area contributed by atoms with Gasteiger partial charge in [-0.15, -0.1) is 46.4 Å². The van der Waals surface area contributed by atoms with Crippen molar-refractivity contribution in [3.05, 3.63) is 0 Å². The highest BCUT2D eigenvalue weighted by atomic mass is 35.5. The lowest BCUT2D eigenvalue weighted by atomic mass is 10.2. The van der Waals surface area contributed by atoms with Gasteiger partial charge < -0.3 is 25.2 Å². The standard InChI is InChI=1S/C11H17Cl2NO2.C6H7Cl2NO2.C2HF3O2.H2/c1-6-8-7(11(8,12)13)5-14(6)9(15)16-10(2,3)4;7-6(8)2-1-9-4(3(2)6)5(10)11;3-2(4,5)1(6)7;/h6-8H,5H2,1-4H3;2-4,9H,1H2,(H,10,11);(H,6,7);1H/t6-,7+,8-;2-,3-,4-;;/m10../s1. The largest absolute Gasteiger partial charge is 0.490 e. The molecule has 2 aliphatic heterocycles. The Labute approximate surface area is 215 Å². The van der Waals surface area contributed by atoms with E-state index in [4.69, 9.17) is 66.1 Å². The molecule has 4 aliphatic rings. The summed E-state index contributed by atoms with van der Waals surface area (Å²) in [6.45, 7) is 8.78. The summed E-state index contributed by atoms with van der Waals surface area (Å²) < 4.78 is 35.7. The summed E-state index contributed by atoms with van der Waals surface area (Å²) in [7, 11) is 0. The van der Waals surface area contributed by atoms with Gasteiger partial charge in [0.2, 0.25) is 0 Å². The van der Waals surface area contributed by atoms with E-state index in [1.807, 2.05) is 27.7 Å². The van der Waals surface area contributed by atoms with Crippen LogP contribution in [0.1, 0.15) is 29.1 Å². The van der Waals surface area contributed by atoms with Gasteiger partial charge in [0, 0.05) is 44.2 Å². The molecule has 1 amide bonds. The Kier molecular flexibility index (Phi) is 8.23. The molecule has 2 aliphatic carbocycles. The highest BCUT2D eigenvalue weighted by Gasteiger charge is 2.71. The van der Waals surface area contributed by atoms with Crippen LogP contribution in [0.3, 0.4) is 0 Å². The number of carbonyl (C=O) groups is 3. The van der Waals surface area contributed by atoms with Crippen molar-refractivity contribution in [1.29, 1.82) is 0 Å². The van der Waals surface area contributed by atoms with E-state index in [0.717, 1.165) is 0 Å². The molecule has 6 atom stereocenters. The summed E-state index contributed by atoms with van der Waals surface area (Å²) in [6.07, 6.45) is -5.35. The SMILES string of the molecule is C[C@@H]1[C@@H]2[C@H](CN1C(=O)OC(C)(C)C)C2(Cl)Cl.O=C(O)C(F)(F)F.O=C(O)[C@H]1NC[C@H]2[C@@H]1C2(Cl)Cl.[HH]. The van der Waals surface area contributed by atoms with Crippen LogP contribution in [0.4, 0.5) is 18.0 Å². The third-order valence-corrected chi connectivity index (χ3v) is 8.11. The van der Waals surface area contributed by atoms with Gasteiger partial charge >= 0.3 is 24.2 Å². The molecule has 198 valence electrons. The average Bonchev–Trinajstić information content (AvgIpc) is 3.14. The van der Waals surface area contributed by atoms with Crippen LogP contribution in [0, 0.1) is 23.7 Å². The Morgan fingerprint density at radius 3 is 1.76 bits per heavy atom. The molecule has 0 unspecified atom stereocenters. The number of alkyl halides is 7. The van der Waals surface area contributed by atoms with Crippen molar-refractivity contribution in [2.24, 2.45) is 23.7 Å². The lowest BCUT2D eigenvalue weighted by Gasteiger charge is -2.30. The van der Waals surface area contributed by atoms with Crippen LogP contribution in [0.2, 0.25) is 0 Å². The van der Waals surface area contributed by atoms with Gasteiger partial charge in [-0.05, 0) is 27.7 Å². The summed E-state index contributed by atoms with van der Waals surface area (Å²) in [4.78, 5) is 33.0. The number of carboxylic acid groups (broad SMARTS) is 2. The number of carboxylic acids is 2. The van der Waals surface area contributed by atoms with Crippen molar-refractivity contribution in [3.63, 3.8) is 0 Å². The number of nitrogens with one attached hydrogen (secondary N) is 1. The van der Waals surface area contributed by atoms with Crippen LogP contribution >= 0.6 is 46.4 Å². The van der Waals surface area contributed by atoms with Crippen LogP contribution in [0.15, 0.2) is 0 Å². The van der Waals surface area contributed by atoms with Gasteiger partial charge in [0.05, 0.1) is 0 Å². The van der Waals surface area contributed by atoms with E-state index >= 15 is 0 Å². The molecule has 2 saturated carbocycles. The zero-order chi connectivity index (χ0) is 26.6. The number of carbonyl (C=O) groups excluding carboxylic acids is 1. The van der Waals surface area contributed by atoms with Gasteiger partial charge in [0.25, 0.3) is 0 Å². The molecule has 0 aromatic carbocycles. The van der Waals surface area contributed by atoms with Crippen molar-refractivity contribution < 1.29 is 43.9 Å². The van der Waals surface area contributed by atoms with E-state index in [1.54, 1.807) is 4.90 Å². The van der Waals surface area contributed by atoms with Gasteiger partial charge in [0.1, 0.15) is 20.3 Å². The van der Waals surface area contributed by atoms with Crippen molar-refractivity contribution in [1.82, 2.24) is 10.2 Å². The van der Waals surface area contributed by atoms with Crippen molar-refractivity contribution in [3.8, 4) is 0 Å². The topological polar surface area (TPSA) is 116 Å². The number of fused-ring (bicyclic) bond motifs is 2. The van der Waals surface area contributed by atoms with E-state index in [9.17, 15) is 22.8 Å². The summed E-state index contributed by atoms with van der Waals surface area (Å²) in [6, 6.07) is -0.482. The first kappa shape index (κ1) is 29.4. The number of likely N-dealkylation sites (tertiary alicyclic amines) is 1. The molecule has 0 spiro atoms. The lowest BCUT2D eigenvalue weighted by Crippen LogP contribution is -2.42. The van der Waals surface area contributed by atoms with Crippen molar-refractivity contribution >= 4 is 64.4 Å². The molecule has 4 rings (SSSR count). The molecule has 4 fully saturated rings. The third-order valence-electron chi connectivity index (χ3n) is 5.98. The van der Waals surface area contributed by atoms with Crippen LogP contribution in [0.5, 0.6) is 0 Å². The predicted molar refractivity (Wildman–Crippen MR) is 120 cm³/mol. The molecular formula is C19H27Cl4F3N2O6. The van der Waals surface area contributed by atoms with E-state index in [-0.39, 0.29) is 37.2 Å². The number of ether oxygens (including phenoxy) is 1. The van der Waals surface area contributed by atoms with E-state index in [2.05, 4.69) is 5.32 Å². The molecule has 0 aromatic rings. The Morgan fingerprint density at radius 1 is 1.03 bits per heavy atom. The zero-order valence-electron chi connectivity index (χ0n) is 18.5. The summed E-state index contributed by atoms with van der Waals surface area (Å²) in [5.74, 6) is -3.18. The zero-order valence-corrected chi connectivity index (χ0v) is 21.5. The maximum atomic E-state index is 11.9. The lowest BCUT2D eigenvalue weighted by molar-refractivity contribution is -0.192. The van der Waals surface area contributed by atoms with Crippen LogP contribution in [0.25, 0.3) is 0 Å². The smallest absolute Gasteiger partial charge is 0.480 e. The minimum absolute atomic E-state index is 0. The second kappa shape index (κ2) is 9.53. The quantitative estimate of drug-likeness (QED) is 0.396. The number of piperidine rings is 2. The normalized spacial score (nSPS) is 33.8. The van der Waals surface area contributed by atoms with Gasteiger partial charge in [-0.2, -0.15) is 13.2 Å². The second-order valence-electron chi connectivity index (χ2n) is 9.51. The molecule has 15 heteroatoms. The maximum absolute atomic E-state index is 11.9. The molecule has 0 aromatic heterocycles. The van der Waals surface area contributed by atoms with Gasteiger partial charge in [-0.25, -0.2) is 9.59 Å². The number of nitrogens with zero attached hydrogens (tertiary/aromatic N) is 1. The van der Waals surface area contributed by atoms with Crippen LogP contribution in [-0.4, -0.2) is 78.8 Å². The molecule has 34 heavy (non-hydrogen) atoms. The van der Waals surface area contributed by atoms with Crippen molar-refractivity contribution in [2.45, 2.75) is 60.2 Å². The number of hydrogen-bond acceptors (Lipinski definition) is 5. The molecule has 2 saturated heterocycles. The summed E-state index contributed by atoms with van der Waals surface area (Å²) in [5, 5.41) is 18.6.